The van der Waals surface area contributed by atoms with Crippen LogP contribution < -0.4 is 9.64 Å². The molecular weight excluding hydrogens is 230 g/mol. The Morgan fingerprint density at radius 1 is 1.39 bits per heavy atom. The summed E-state index contributed by atoms with van der Waals surface area (Å²) in [6, 6.07) is 5.10. The molecule has 1 aromatic carbocycles. The minimum atomic E-state index is -0.473. The molecule has 0 aromatic heterocycles. The van der Waals surface area contributed by atoms with E-state index in [4.69, 9.17) is 4.74 Å². The van der Waals surface area contributed by atoms with Crippen molar-refractivity contribution in [3.8, 4) is 5.75 Å². The van der Waals surface area contributed by atoms with Crippen molar-refractivity contribution in [2.45, 2.75) is 13.3 Å². The van der Waals surface area contributed by atoms with Gasteiger partial charge >= 0.3 is 0 Å². The van der Waals surface area contributed by atoms with Crippen LogP contribution in [0.25, 0.3) is 0 Å². The second kappa shape index (κ2) is 4.64. The third kappa shape index (κ3) is 2.01. The van der Waals surface area contributed by atoms with E-state index in [1.165, 1.54) is 12.0 Å². The fourth-order valence-electron chi connectivity index (χ4n) is 1.93. The minimum absolute atomic E-state index is 0.418. The smallest absolute Gasteiger partial charge is 0.299 e. The number of methoxy groups -OCH3 is 1. The third-order valence-electron chi connectivity index (χ3n) is 2.94. The van der Waals surface area contributed by atoms with Gasteiger partial charge in [0.1, 0.15) is 5.75 Å². The maximum atomic E-state index is 11.9. The van der Waals surface area contributed by atoms with Crippen LogP contribution in [0.15, 0.2) is 30.4 Å². The Balaban J connectivity index is 2.34. The number of hydrogen-bond donors (Lipinski definition) is 0. The Morgan fingerprint density at radius 2 is 2.11 bits per heavy atom. The lowest BCUT2D eigenvalue weighted by molar-refractivity contribution is -0.114. The van der Waals surface area contributed by atoms with E-state index in [9.17, 15) is 9.59 Å². The van der Waals surface area contributed by atoms with Gasteiger partial charge in [-0.1, -0.05) is 5.57 Å². The van der Waals surface area contributed by atoms with E-state index in [0.29, 0.717) is 30.0 Å². The van der Waals surface area contributed by atoms with Crippen LogP contribution in [0.3, 0.4) is 0 Å². The predicted molar refractivity (Wildman–Crippen MR) is 69.1 cm³/mol. The lowest BCUT2D eigenvalue weighted by Crippen LogP contribution is -2.30. The number of nitrogens with zero attached hydrogens (tertiary/aromatic N) is 1. The van der Waals surface area contributed by atoms with Gasteiger partial charge in [0.25, 0.3) is 11.7 Å². The van der Waals surface area contributed by atoms with E-state index in [-0.39, 0.29) is 0 Å². The molecule has 0 atom stereocenters. The highest BCUT2D eigenvalue weighted by molar-refractivity contribution is 6.52. The molecule has 0 N–H and O–H groups in total. The first-order chi connectivity index (χ1) is 8.54. The van der Waals surface area contributed by atoms with E-state index in [0.717, 1.165) is 5.57 Å². The molecule has 2 rings (SSSR count). The summed E-state index contributed by atoms with van der Waals surface area (Å²) in [6.45, 7) is 6.19. The summed E-state index contributed by atoms with van der Waals surface area (Å²) in [5.41, 5.74) is 2.06. The van der Waals surface area contributed by atoms with Crippen molar-refractivity contribution in [1.82, 2.24) is 0 Å². The summed E-state index contributed by atoms with van der Waals surface area (Å²) in [5, 5.41) is 0. The Hall–Kier alpha value is -2.10. The number of Topliss-reactive ketones (excluding diaryl/α,β-unsaturated/α-hetero) is 1. The zero-order valence-electron chi connectivity index (χ0n) is 10.5. The highest BCUT2D eigenvalue weighted by Crippen LogP contribution is 2.32. The molecule has 4 heteroatoms. The second-order valence-electron chi connectivity index (χ2n) is 4.38. The normalized spacial score (nSPS) is 13.8. The number of carbonyl (C=O) groups is 2. The van der Waals surface area contributed by atoms with Crippen molar-refractivity contribution >= 4 is 17.4 Å². The summed E-state index contributed by atoms with van der Waals surface area (Å²) in [4.78, 5) is 25.2. The topological polar surface area (TPSA) is 46.6 Å². The lowest BCUT2D eigenvalue weighted by Gasteiger charge is -2.16. The predicted octanol–water partition coefficient (Wildman–Crippen LogP) is 2.19. The average Bonchev–Trinajstić information content (AvgIpc) is 2.59. The van der Waals surface area contributed by atoms with Crippen molar-refractivity contribution in [1.29, 1.82) is 0 Å². The number of ketones is 1. The summed E-state index contributed by atoms with van der Waals surface area (Å²) >= 11 is 0. The Morgan fingerprint density at radius 3 is 2.72 bits per heavy atom. The van der Waals surface area contributed by atoms with Crippen LogP contribution in [-0.4, -0.2) is 25.3 Å². The number of amides is 1. The van der Waals surface area contributed by atoms with Crippen LogP contribution in [-0.2, 0) is 4.79 Å². The van der Waals surface area contributed by atoms with Gasteiger partial charge in [-0.15, -0.1) is 6.58 Å². The van der Waals surface area contributed by atoms with Gasteiger partial charge in [-0.3, -0.25) is 9.59 Å². The molecule has 0 bridgehead atoms. The zero-order valence-corrected chi connectivity index (χ0v) is 10.5. The van der Waals surface area contributed by atoms with Crippen LogP contribution in [0.4, 0.5) is 5.69 Å². The van der Waals surface area contributed by atoms with Gasteiger partial charge in [0.15, 0.2) is 0 Å². The lowest BCUT2D eigenvalue weighted by atomic mass is 10.1. The van der Waals surface area contributed by atoms with E-state index < -0.39 is 11.7 Å². The van der Waals surface area contributed by atoms with Gasteiger partial charge in [0.05, 0.1) is 18.4 Å². The van der Waals surface area contributed by atoms with E-state index in [1.807, 2.05) is 6.92 Å². The molecule has 0 fully saturated rings. The zero-order chi connectivity index (χ0) is 13.3. The largest absolute Gasteiger partial charge is 0.497 e. The molecular formula is C14H15NO3. The number of benzene rings is 1. The van der Waals surface area contributed by atoms with E-state index in [1.54, 1.807) is 18.2 Å². The maximum Gasteiger partial charge on any atom is 0.299 e. The molecule has 18 heavy (non-hydrogen) atoms. The fourth-order valence-corrected chi connectivity index (χ4v) is 1.93. The fraction of sp³-hybridized carbons (Fsp3) is 0.286. The van der Waals surface area contributed by atoms with Crippen LogP contribution >= 0.6 is 0 Å². The second-order valence-corrected chi connectivity index (χ2v) is 4.38. The summed E-state index contributed by atoms with van der Waals surface area (Å²) in [7, 11) is 1.53. The highest BCUT2D eigenvalue weighted by atomic mass is 16.5. The number of anilines is 1. The molecule has 0 aliphatic carbocycles. The standard InChI is InChI=1S/C14H15NO3/c1-9(2)6-7-15-12-5-4-10(18-3)8-11(12)13(16)14(15)17/h4-5,8H,1,6-7H2,2-3H3. The van der Waals surface area contributed by atoms with Crippen molar-refractivity contribution in [3.63, 3.8) is 0 Å². The SMILES string of the molecule is C=C(C)CCN1C(=O)C(=O)c2cc(OC)ccc21. The van der Waals surface area contributed by atoms with Gasteiger partial charge in [-0.25, -0.2) is 0 Å². The molecule has 1 aliphatic rings. The summed E-state index contributed by atoms with van der Waals surface area (Å²) < 4.78 is 5.06. The average molecular weight is 245 g/mol. The molecule has 4 nitrogen and oxygen atoms in total. The van der Waals surface area contributed by atoms with Gasteiger partial charge in [0.2, 0.25) is 0 Å². The van der Waals surface area contributed by atoms with Crippen LogP contribution in [0.5, 0.6) is 5.75 Å². The monoisotopic (exact) mass is 245 g/mol. The molecule has 0 saturated carbocycles. The van der Waals surface area contributed by atoms with E-state index >= 15 is 0 Å². The summed E-state index contributed by atoms with van der Waals surface area (Å²) in [5.74, 6) is -0.359. The highest BCUT2D eigenvalue weighted by Gasteiger charge is 2.35. The molecule has 94 valence electrons. The molecule has 0 spiro atoms. The van der Waals surface area contributed by atoms with Crippen molar-refractivity contribution < 1.29 is 14.3 Å². The quantitative estimate of drug-likeness (QED) is 0.603. The number of carbonyl (C=O) groups excluding carboxylic acids is 2. The van der Waals surface area contributed by atoms with Crippen LogP contribution in [0.2, 0.25) is 0 Å². The summed E-state index contributed by atoms with van der Waals surface area (Å²) in [6.07, 6.45) is 0.685. The Bertz CT molecular complexity index is 534. The van der Waals surface area contributed by atoms with Gasteiger partial charge in [-0.2, -0.15) is 0 Å². The Labute approximate surface area is 106 Å². The molecule has 1 heterocycles. The van der Waals surface area contributed by atoms with Crippen molar-refractivity contribution in [3.05, 3.63) is 35.9 Å². The number of hydrogen-bond acceptors (Lipinski definition) is 3. The van der Waals surface area contributed by atoms with Crippen molar-refractivity contribution in [2.24, 2.45) is 0 Å². The molecule has 1 aromatic rings. The first-order valence-corrected chi connectivity index (χ1v) is 5.73. The third-order valence-corrected chi connectivity index (χ3v) is 2.94. The molecule has 0 unspecified atom stereocenters. The van der Waals surface area contributed by atoms with Crippen LogP contribution in [0.1, 0.15) is 23.7 Å². The van der Waals surface area contributed by atoms with Crippen molar-refractivity contribution in [2.75, 3.05) is 18.6 Å². The van der Waals surface area contributed by atoms with Gasteiger partial charge in [-0.05, 0) is 31.5 Å². The number of rotatable bonds is 4. The van der Waals surface area contributed by atoms with Crippen LogP contribution in [0, 0.1) is 0 Å². The van der Waals surface area contributed by atoms with Gasteiger partial charge < -0.3 is 9.64 Å². The molecule has 0 saturated heterocycles. The molecule has 0 radical (unpaired) electrons. The molecule has 1 aliphatic heterocycles. The maximum absolute atomic E-state index is 11.9. The number of ether oxygens (including phenoxy) is 1. The first kappa shape index (κ1) is 12.4. The van der Waals surface area contributed by atoms with E-state index in [2.05, 4.69) is 6.58 Å². The number of fused-ring (bicyclic) bond motifs is 1. The van der Waals surface area contributed by atoms with Gasteiger partial charge in [0, 0.05) is 6.54 Å². The Kier molecular flexibility index (Phi) is 3.19. The molecule has 1 amide bonds. The first-order valence-electron chi connectivity index (χ1n) is 5.73. The minimum Gasteiger partial charge on any atom is -0.497 e.